The van der Waals surface area contributed by atoms with Gasteiger partial charge in [0, 0.05) is 11.1 Å². The molecule has 0 fully saturated rings. The molecule has 1 amide bonds. The van der Waals surface area contributed by atoms with Gasteiger partial charge in [0.2, 0.25) is 5.91 Å². The second-order valence-corrected chi connectivity index (χ2v) is 9.28. The first kappa shape index (κ1) is 28.2. The highest BCUT2D eigenvalue weighted by Gasteiger charge is 2.30. The molecule has 0 bridgehead atoms. The molecule has 0 spiro atoms. The van der Waals surface area contributed by atoms with Gasteiger partial charge in [-0.2, -0.15) is 18.3 Å². The third-order valence-corrected chi connectivity index (χ3v) is 6.02. The molecule has 1 heterocycles. The Kier molecular flexibility index (Phi) is 9.68. The second kappa shape index (κ2) is 12.7. The van der Waals surface area contributed by atoms with E-state index in [0.717, 1.165) is 23.5 Å². The average molecular weight is 648 g/mol. The Morgan fingerprint density at radius 2 is 2.03 bits per heavy atom. The number of anilines is 2. The summed E-state index contributed by atoms with van der Waals surface area (Å²) in [6, 6.07) is 8.02. The minimum Gasteiger partial charge on any atom is -0.490 e. The number of hydrazone groups is 1. The number of carboxylic acids is 1. The number of amides is 1. The Balaban J connectivity index is 1.59. The summed E-state index contributed by atoms with van der Waals surface area (Å²) in [5.74, 6) is -0.936. The number of nitrogens with one attached hydrogen (secondary N) is 2. The number of nitrogens with zero attached hydrogens (tertiary/aromatic N) is 2. The maximum Gasteiger partial charge on any atom is 0.416 e. The van der Waals surface area contributed by atoms with Crippen molar-refractivity contribution in [1.82, 2.24) is 10.4 Å². The van der Waals surface area contributed by atoms with Gasteiger partial charge in [-0.15, -0.1) is 11.3 Å². The van der Waals surface area contributed by atoms with Gasteiger partial charge < -0.3 is 19.9 Å². The SMILES string of the molecule is CCOc1cc(/C=N\NC(=O)Cc2csc(Nc3cccc(C(F)(F)F)c3)n2)cc(I)c1OCC(=O)O. The molecule has 0 radical (unpaired) electrons. The van der Waals surface area contributed by atoms with E-state index in [-0.39, 0.29) is 12.1 Å². The van der Waals surface area contributed by atoms with E-state index >= 15 is 0 Å². The lowest BCUT2D eigenvalue weighted by atomic mass is 10.2. The Labute approximate surface area is 226 Å². The van der Waals surface area contributed by atoms with Crippen molar-refractivity contribution < 1.29 is 37.3 Å². The molecule has 3 aromatic rings. The van der Waals surface area contributed by atoms with Crippen LogP contribution in [0.1, 0.15) is 23.7 Å². The van der Waals surface area contributed by atoms with E-state index < -0.39 is 30.2 Å². The molecule has 0 atom stereocenters. The van der Waals surface area contributed by atoms with Gasteiger partial charge in [-0.25, -0.2) is 15.2 Å². The standard InChI is InChI=1S/C23H20F3IN4O5S/c1-2-35-18-7-13(6-17(27)21(18)36-11-20(33)34)10-28-31-19(32)9-16-12-37-22(30-16)29-15-5-3-4-14(8-15)23(24,25)26/h3-8,10,12H,2,9,11H2,1H3,(H,29,30)(H,31,32)(H,33,34)/b28-10-. The quantitative estimate of drug-likeness (QED) is 0.151. The van der Waals surface area contributed by atoms with Crippen LogP contribution in [0.5, 0.6) is 11.5 Å². The van der Waals surface area contributed by atoms with Crippen LogP contribution in [-0.2, 0) is 22.2 Å². The lowest BCUT2D eigenvalue weighted by molar-refractivity contribution is -0.139. The van der Waals surface area contributed by atoms with Crippen LogP contribution in [0.15, 0.2) is 46.9 Å². The van der Waals surface area contributed by atoms with Crippen molar-refractivity contribution in [3.8, 4) is 11.5 Å². The Morgan fingerprint density at radius 1 is 1.24 bits per heavy atom. The van der Waals surface area contributed by atoms with Gasteiger partial charge >= 0.3 is 12.1 Å². The minimum atomic E-state index is -4.45. The zero-order valence-corrected chi connectivity index (χ0v) is 22.1. The number of benzene rings is 2. The van der Waals surface area contributed by atoms with Gasteiger partial charge in [0.15, 0.2) is 23.2 Å². The summed E-state index contributed by atoms with van der Waals surface area (Å²) in [7, 11) is 0. The van der Waals surface area contributed by atoms with Crippen molar-refractivity contribution in [3.05, 3.63) is 62.2 Å². The fraction of sp³-hybridized carbons (Fsp3) is 0.217. The van der Waals surface area contributed by atoms with Gasteiger partial charge in [0.25, 0.3) is 0 Å². The van der Waals surface area contributed by atoms with Crippen molar-refractivity contribution in [2.45, 2.75) is 19.5 Å². The van der Waals surface area contributed by atoms with Crippen LogP contribution in [0, 0.1) is 3.57 Å². The number of alkyl halides is 3. The molecular weight excluding hydrogens is 628 g/mol. The molecule has 37 heavy (non-hydrogen) atoms. The summed E-state index contributed by atoms with van der Waals surface area (Å²) in [4.78, 5) is 27.3. The average Bonchev–Trinajstić information content (AvgIpc) is 3.24. The fourth-order valence-electron chi connectivity index (χ4n) is 2.92. The maximum atomic E-state index is 12.9. The fourth-order valence-corrected chi connectivity index (χ4v) is 4.44. The summed E-state index contributed by atoms with van der Waals surface area (Å²) in [6.45, 7) is 1.58. The third-order valence-electron chi connectivity index (χ3n) is 4.41. The number of aromatic nitrogens is 1. The number of hydrogen-bond donors (Lipinski definition) is 3. The summed E-state index contributed by atoms with van der Waals surface area (Å²) < 4.78 is 50.1. The van der Waals surface area contributed by atoms with Crippen LogP contribution in [0.25, 0.3) is 0 Å². The number of carbonyl (C=O) groups is 2. The predicted molar refractivity (Wildman–Crippen MR) is 140 cm³/mol. The molecule has 0 aliphatic rings. The van der Waals surface area contributed by atoms with E-state index in [1.165, 1.54) is 18.3 Å². The molecule has 14 heteroatoms. The maximum absolute atomic E-state index is 12.9. The minimum absolute atomic E-state index is 0.0954. The van der Waals surface area contributed by atoms with E-state index in [9.17, 15) is 22.8 Å². The van der Waals surface area contributed by atoms with Crippen molar-refractivity contribution >= 4 is 62.8 Å². The van der Waals surface area contributed by atoms with Gasteiger partial charge in [0.1, 0.15) is 0 Å². The monoisotopic (exact) mass is 648 g/mol. The number of aliphatic carboxylic acids is 1. The third kappa shape index (κ3) is 8.59. The Morgan fingerprint density at radius 3 is 2.73 bits per heavy atom. The van der Waals surface area contributed by atoms with Gasteiger partial charge in [-0.05, 0) is 65.4 Å². The number of halogens is 4. The number of thiazole rings is 1. The molecule has 0 aliphatic heterocycles. The van der Waals surface area contributed by atoms with Crippen LogP contribution >= 0.6 is 33.9 Å². The number of rotatable bonds is 11. The largest absolute Gasteiger partial charge is 0.490 e. The van der Waals surface area contributed by atoms with Crippen molar-refractivity contribution in [2.75, 3.05) is 18.5 Å². The highest BCUT2D eigenvalue weighted by atomic mass is 127. The zero-order valence-electron chi connectivity index (χ0n) is 19.1. The van der Waals surface area contributed by atoms with E-state index in [1.807, 2.05) is 22.6 Å². The second-order valence-electron chi connectivity index (χ2n) is 7.26. The van der Waals surface area contributed by atoms with Crippen LogP contribution in [0.3, 0.4) is 0 Å². The normalized spacial score (nSPS) is 11.4. The smallest absolute Gasteiger partial charge is 0.416 e. The van der Waals surface area contributed by atoms with Gasteiger partial charge in [-0.1, -0.05) is 6.07 Å². The first-order chi connectivity index (χ1) is 17.5. The van der Waals surface area contributed by atoms with Crippen molar-refractivity contribution in [2.24, 2.45) is 5.10 Å². The molecular formula is C23H20F3IN4O5S. The first-order valence-electron chi connectivity index (χ1n) is 10.6. The summed E-state index contributed by atoms with van der Waals surface area (Å²) in [5.41, 5.74) is 2.83. The van der Waals surface area contributed by atoms with E-state index in [2.05, 4.69) is 20.8 Å². The topological polar surface area (TPSA) is 122 Å². The number of carbonyl (C=O) groups excluding carboxylic acids is 1. The highest BCUT2D eigenvalue weighted by molar-refractivity contribution is 14.1. The predicted octanol–water partition coefficient (Wildman–Crippen LogP) is 5.07. The van der Waals surface area contributed by atoms with E-state index in [1.54, 1.807) is 24.4 Å². The number of ether oxygens (including phenoxy) is 2. The molecule has 0 aliphatic carbocycles. The highest BCUT2D eigenvalue weighted by Crippen LogP contribution is 2.34. The van der Waals surface area contributed by atoms with E-state index in [0.29, 0.717) is 38.1 Å². The van der Waals surface area contributed by atoms with Crippen LogP contribution < -0.4 is 20.2 Å². The molecule has 0 unspecified atom stereocenters. The molecule has 0 saturated carbocycles. The van der Waals surface area contributed by atoms with Crippen LogP contribution in [0.4, 0.5) is 24.0 Å². The summed E-state index contributed by atoms with van der Waals surface area (Å²) in [5, 5.41) is 17.5. The van der Waals surface area contributed by atoms with E-state index in [4.69, 9.17) is 14.6 Å². The van der Waals surface area contributed by atoms with Crippen LogP contribution in [-0.4, -0.2) is 41.4 Å². The Hall–Kier alpha value is -3.40. The molecule has 2 aromatic carbocycles. The molecule has 3 rings (SSSR count). The molecule has 1 aromatic heterocycles. The molecule has 3 N–H and O–H groups in total. The van der Waals surface area contributed by atoms with Crippen LogP contribution in [0.2, 0.25) is 0 Å². The number of hydrogen-bond acceptors (Lipinski definition) is 8. The summed E-state index contributed by atoms with van der Waals surface area (Å²) in [6.07, 6.45) is -3.16. The zero-order chi connectivity index (χ0) is 27.0. The molecule has 0 saturated heterocycles. The van der Waals surface area contributed by atoms with Gasteiger partial charge in [-0.3, -0.25) is 4.79 Å². The van der Waals surface area contributed by atoms with Crippen molar-refractivity contribution in [3.63, 3.8) is 0 Å². The Bertz CT molecular complexity index is 1300. The molecule has 196 valence electrons. The van der Waals surface area contributed by atoms with Gasteiger partial charge in [0.05, 0.1) is 34.1 Å². The first-order valence-corrected chi connectivity index (χ1v) is 12.5. The molecule has 9 nitrogen and oxygen atoms in total. The summed E-state index contributed by atoms with van der Waals surface area (Å²) >= 11 is 3.13. The van der Waals surface area contributed by atoms with Crippen molar-refractivity contribution in [1.29, 1.82) is 0 Å². The number of carboxylic acid groups (broad SMARTS) is 1. The lowest BCUT2D eigenvalue weighted by Gasteiger charge is -2.13. The lowest BCUT2D eigenvalue weighted by Crippen LogP contribution is -2.20.